The number of halogens is 3. The highest BCUT2D eigenvalue weighted by Crippen LogP contribution is 2.40. The molecular formula is C20H16Cl2INO3. The number of ether oxygens (including phenoxy) is 1. The summed E-state index contributed by atoms with van der Waals surface area (Å²) in [5.41, 5.74) is 1.47. The quantitative estimate of drug-likeness (QED) is 0.325. The Morgan fingerprint density at radius 1 is 1.11 bits per heavy atom. The summed E-state index contributed by atoms with van der Waals surface area (Å²) in [5.74, 6) is -0.461. The van der Waals surface area contributed by atoms with Crippen LogP contribution in [-0.2, 0) is 9.53 Å². The standard InChI is InChI=1S/C20H16Cl2INO3/c1-20(2,3)27-19(26)24-17-10-13(22)4-6-14(17)15(18(24)25)9-11-8-12(21)5-7-16(11)23/h4-10H,1-3H3/b15-9-. The predicted molar refractivity (Wildman–Crippen MR) is 117 cm³/mol. The molecule has 0 bridgehead atoms. The summed E-state index contributed by atoms with van der Waals surface area (Å²) in [5, 5.41) is 0.988. The van der Waals surface area contributed by atoms with Gasteiger partial charge in [-0.25, -0.2) is 9.69 Å². The van der Waals surface area contributed by atoms with Gasteiger partial charge in [-0.15, -0.1) is 0 Å². The number of benzene rings is 2. The SMILES string of the molecule is CC(C)(C)OC(=O)N1C(=O)/C(=C\c2cc(Cl)ccc2I)c2ccc(Cl)cc21. The van der Waals surface area contributed by atoms with Crippen LogP contribution in [0.25, 0.3) is 11.6 Å². The van der Waals surface area contributed by atoms with E-state index >= 15 is 0 Å². The highest BCUT2D eigenvalue weighted by Gasteiger charge is 2.39. The van der Waals surface area contributed by atoms with Crippen LogP contribution in [0.15, 0.2) is 36.4 Å². The van der Waals surface area contributed by atoms with Crippen LogP contribution in [0.2, 0.25) is 10.0 Å². The van der Waals surface area contributed by atoms with Gasteiger partial charge < -0.3 is 4.74 Å². The molecule has 2 amide bonds. The van der Waals surface area contributed by atoms with Crippen LogP contribution in [0.3, 0.4) is 0 Å². The molecule has 4 nitrogen and oxygen atoms in total. The second-order valence-corrected chi connectivity index (χ2v) is 9.04. The van der Waals surface area contributed by atoms with Crippen molar-refractivity contribution in [3.8, 4) is 0 Å². The first-order valence-electron chi connectivity index (χ1n) is 8.11. The van der Waals surface area contributed by atoms with E-state index in [0.717, 1.165) is 14.0 Å². The first-order chi connectivity index (χ1) is 12.6. The Morgan fingerprint density at radius 3 is 2.41 bits per heavy atom. The summed E-state index contributed by atoms with van der Waals surface area (Å²) in [4.78, 5) is 26.8. The Morgan fingerprint density at radius 2 is 1.74 bits per heavy atom. The topological polar surface area (TPSA) is 46.6 Å². The van der Waals surface area contributed by atoms with Gasteiger partial charge in [0, 0.05) is 19.2 Å². The van der Waals surface area contributed by atoms with Crippen molar-refractivity contribution < 1.29 is 14.3 Å². The summed E-state index contributed by atoms with van der Waals surface area (Å²) in [7, 11) is 0. The fourth-order valence-corrected chi connectivity index (χ4v) is 3.51. The molecule has 0 spiro atoms. The Bertz CT molecular complexity index is 980. The molecule has 7 heteroatoms. The molecule has 0 saturated heterocycles. The van der Waals surface area contributed by atoms with Crippen LogP contribution in [0.4, 0.5) is 10.5 Å². The summed E-state index contributed by atoms with van der Waals surface area (Å²) < 4.78 is 6.34. The number of nitrogens with zero attached hydrogens (tertiary/aromatic N) is 1. The lowest BCUT2D eigenvalue weighted by molar-refractivity contribution is -0.112. The van der Waals surface area contributed by atoms with Gasteiger partial charge in [0.2, 0.25) is 0 Å². The molecule has 1 heterocycles. The van der Waals surface area contributed by atoms with Crippen LogP contribution >= 0.6 is 45.8 Å². The van der Waals surface area contributed by atoms with Gasteiger partial charge in [-0.05, 0) is 85.3 Å². The van der Waals surface area contributed by atoms with E-state index in [4.69, 9.17) is 27.9 Å². The zero-order chi connectivity index (χ0) is 19.9. The number of fused-ring (bicyclic) bond motifs is 1. The van der Waals surface area contributed by atoms with Gasteiger partial charge in [0.1, 0.15) is 5.60 Å². The Hall–Kier alpha value is -1.57. The van der Waals surface area contributed by atoms with Crippen LogP contribution in [0.1, 0.15) is 31.9 Å². The van der Waals surface area contributed by atoms with Crippen molar-refractivity contribution in [1.29, 1.82) is 0 Å². The Kier molecular flexibility index (Phi) is 5.57. The molecule has 1 aliphatic rings. The highest BCUT2D eigenvalue weighted by molar-refractivity contribution is 14.1. The van der Waals surface area contributed by atoms with Gasteiger partial charge in [0.05, 0.1) is 11.3 Å². The first kappa shape index (κ1) is 20.2. The summed E-state index contributed by atoms with van der Waals surface area (Å²) in [6.45, 7) is 5.24. The van der Waals surface area contributed by atoms with E-state index in [2.05, 4.69) is 22.6 Å². The molecule has 0 aromatic heterocycles. The maximum absolute atomic E-state index is 13.1. The number of hydrogen-bond donors (Lipinski definition) is 0. The van der Waals surface area contributed by atoms with E-state index in [1.54, 1.807) is 57.2 Å². The summed E-state index contributed by atoms with van der Waals surface area (Å²) in [6.07, 6.45) is 0.993. The van der Waals surface area contributed by atoms with Crippen molar-refractivity contribution >= 4 is 75.1 Å². The molecule has 0 N–H and O–H groups in total. The maximum atomic E-state index is 13.1. The van der Waals surface area contributed by atoms with Gasteiger partial charge in [-0.1, -0.05) is 29.3 Å². The van der Waals surface area contributed by atoms with Crippen LogP contribution < -0.4 is 4.90 Å². The number of carbonyl (C=O) groups is 2. The largest absolute Gasteiger partial charge is 0.443 e. The predicted octanol–water partition coefficient (Wildman–Crippen LogP) is 6.42. The minimum Gasteiger partial charge on any atom is -0.443 e. The van der Waals surface area contributed by atoms with Gasteiger partial charge in [0.15, 0.2) is 0 Å². The molecule has 0 aliphatic carbocycles. The molecule has 0 radical (unpaired) electrons. The molecule has 0 fully saturated rings. The summed E-state index contributed by atoms with van der Waals surface area (Å²) in [6, 6.07) is 10.4. The van der Waals surface area contributed by atoms with Crippen molar-refractivity contribution in [1.82, 2.24) is 0 Å². The number of amides is 2. The van der Waals surface area contributed by atoms with E-state index < -0.39 is 17.6 Å². The third-order valence-electron chi connectivity index (χ3n) is 3.76. The molecule has 3 rings (SSSR count). The second kappa shape index (κ2) is 7.45. The number of imide groups is 1. The zero-order valence-electron chi connectivity index (χ0n) is 14.8. The molecular weight excluding hydrogens is 500 g/mol. The summed E-state index contributed by atoms with van der Waals surface area (Å²) >= 11 is 14.4. The minimum absolute atomic E-state index is 0.382. The lowest BCUT2D eigenvalue weighted by Gasteiger charge is -2.23. The van der Waals surface area contributed by atoms with E-state index in [1.807, 2.05) is 6.07 Å². The fraction of sp³-hybridized carbons (Fsp3) is 0.200. The lowest BCUT2D eigenvalue weighted by Crippen LogP contribution is -2.38. The average Bonchev–Trinajstić information content (AvgIpc) is 2.80. The molecule has 0 atom stereocenters. The third-order valence-corrected chi connectivity index (χ3v) is 5.21. The van der Waals surface area contributed by atoms with Crippen LogP contribution in [0, 0.1) is 3.57 Å². The first-order valence-corrected chi connectivity index (χ1v) is 9.94. The molecule has 0 saturated carbocycles. The smallest absolute Gasteiger partial charge is 0.422 e. The lowest BCUT2D eigenvalue weighted by atomic mass is 10.0. The van der Waals surface area contributed by atoms with E-state index in [-0.39, 0.29) is 0 Å². The number of anilines is 1. The minimum atomic E-state index is -0.736. The maximum Gasteiger partial charge on any atom is 0.422 e. The molecule has 2 aromatic rings. The zero-order valence-corrected chi connectivity index (χ0v) is 18.5. The molecule has 1 aliphatic heterocycles. The molecule has 140 valence electrons. The fourth-order valence-electron chi connectivity index (χ4n) is 2.67. The van der Waals surface area contributed by atoms with Crippen molar-refractivity contribution in [2.24, 2.45) is 0 Å². The second-order valence-electron chi connectivity index (χ2n) is 7.01. The Labute approximate surface area is 181 Å². The normalized spacial score (nSPS) is 15.3. The van der Waals surface area contributed by atoms with Gasteiger partial charge in [0.25, 0.3) is 5.91 Å². The van der Waals surface area contributed by atoms with E-state index in [0.29, 0.717) is 26.9 Å². The van der Waals surface area contributed by atoms with Gasteiger partial charge in [-0.3, -0.25) is 4.79 Å². The van der Waals surface area contributed by atoms with Crippen LogP contribution in [-0.4, -0.2) is 17.6 Å². The number of carbonyl (C=O) groups excluding carboxylic acids is 2. The average molecular weight is 516 g/mol. The number of hydrogen-bond acceptors (Lipinski definition) is 3. The van der Waals surface area contributed by atoms with Gasteiger partial charge in [-0.2, -0.15) is 0 Å². The molecule has 0 unspecified atom stereocenters. The van der Waals surface area contributed by atoms with Crippen molar-refractivity contribution in [3.63, 3.8) is 0 Å². The number of rotatable bonds is 1. The van der Waals surface area contributed by atoms with Crippen molar-refractivity contribution in [3.05, 3.63) is 61.1 Å². The monoisotopic (exact) mass is 515 g/mol. The molecule has 2 aromatic carbocycles. The Balaban J connectivity index is 2.13. The highest BCUT2D eigenvalue weighted by atomic mass is 127. The van der Waals surface area contributed by atoms with E-state index in [1.165, 1.54) is 0 Å². The third kappa shape index (κ3) is 4.31. The van der Waals surface area contributed by atoms with Crippen molar-refractivity contribution in [2.75, 3.05) is 4.90 Å². The van der Waals surface area contributed by atoms with Crippen LogP contribution in [0.5, 0.6) is 0 Å². The molecule has 27 heavy (non-hydrogen) atoms. The van der Waals surface area contributed by atoms with Crippen molar-refractivity contribution in [2.45, 2.75) is 26.4 Å². The van der Waals surface area contributed by atoms with E-state index in [9.17, 15) is 9.59 Å². The van der Waals surface area contributed by atoms with Gasteiger partial charge >= 0.3 is 6.09 Å².